The molecule has 0 aliphatic heterocycles. The van der Waals surface area contributed by atoms with Gasteiger partial charge in [-0.15, -0.1) is 0 Å². The molecular formula is C16H26N2O2. The van der Waals surface area contributed by atoms with Gasteiger partial charge in [-0.05, 0) is 51.3 Å². The van der Waals surface area contributed by atoms with Gasteiger partial charge in [0.05, 0.1) is 0 Å². The number of hydrogen-bond donors (Lipinski definition) is 3. The molecule has 4 nitrogen and oxygen atoms in total. The molecule has 20 heavy (non-hydrogen) atoms. The summed E-state index contributed by atoms with van der Waals surface area (Å²) in [6.07, 6.45) is 1.12. The van der Waals surface area contributed by atoms with Gasteiger partial charge in [0, 0.05) is 30.8 Å². The van der Waals surface area contributed by atoms with E-state index in [9.17, 15) is 4.79 Å². The Morgan fingerprint density at radius 3 is 2.60 bits per heavy atom. The molecule has 3 N–H and O–H groups in total. The van der Waals surface area contributed by atoms with E-state index in [1.807, 2.05) is 45.9 Å². The van der Waals surface area contributed by atoms with Gasteiger partial charge in [0.25, 0.3) is 0 Å². The average molecular weight is 278 g/mol. The number of carbonyl (C=O) groups excluding carboxylic acids is 1. The fourth-order valence-electron chi connectivity index (χ4n) is 2.19. The number of nitrogens with one attached hydrogen (secondary N) is 2. The van der Waals surface area contributed by atoms with E-state index in [1.54, 1.807) is 0 Å². The van der Waals surface area contributed by atoms with Crippen LogP contribution in [-0.4, -0.2) is 29.7 Å². The summed E-state index contributed by atoms with van der Waals surface area (Å²) in [6.45, 7) is 8.20. The van der Waals surface area contributed by atoms with Crippen LogP contribution in [0.25, 0.3) is 0 Å². The monoisotopic (exact) mass is 278 g/mol. The third-order valence-corrected chi connectivity index (χ3v) is 3.50. The average Bonchev–Trinajstić information content (AvgIpc) is 2.34. The summed E-state index contributed by atoms with van der Waals surface area (Å²) < 4.78 is 0. The summed E-state index contributed by atoms with van der Waals surface area (Å²) in [4.78, 5) is 12.0. The Kier molecular flexibility index (Phi) is 6.68. The van der Waals surface area contributed by atoms with Crippen LogP contribution < -0.4 is 10.6 Å². The van der Waals surface area contributed by atoms with Crippen LogP contribution in [0.5, 0.6) is 0 Å². The summed E-state index contributed by atoms with van der Waals surface area (Å²) in [7, 11) is 0. The maximum absolute atomic E-state index is 12.0. The third kappa shape index (κ3) is 5.31. The topological polar surface area (TPSA) is 61.4 Å². The highest BCUT2D eigenvalue weighted by Crippen LogP contribution is 2.18. The lowest BCUT2D eigenvalue weighted by atomic mass is 10.1. The lowest BCUT2D eigenvalue weighted by molar-refractivity contribution is -0.116. The van der Waals surface area contributed by atoms with E-state index in [0.717, 1.165) is 11.3 Å². The lowest BCUT2D eigenvalue weighted by Gasteiger charge is -2.19. The minimum Gasteiger partial charge on any atom is -0.396 e. The van der Waals surface area contributed by atoms with Crippen molar-refractivity contribution < 1.29 is 9.90 Å². The number of carbonyl (C=O) groups is 1. The van der Waals surface area contributed by atoms with Crippen LogP contribution in [0.15, 0.2) is 18.2 Å². The standard InChI is InChI=1S/C16H26N2O2/c1-11-6-5-7-15(14(11)4)18-16(20)10-13(3)17-12(2)8-9-19/h5-7,12-13,17,19H,8-10H2,1-4H3,(H,18,20)/t12-,13?/m1/s1. The molecule has 0 fully saturated rings. The summed E-state index contributed by atoms with van der Waals surface area (Å²) in [5, 5.41) is 15.1. The number of aliphatic hydroxyl groups is 1. The van der Waals surface area contributed by atoms with Crippen LogP contribution in [0.3, 0.4) is 0 Å². The fourth-order valence-corrected chi connectivity index (χ4v) is 2.19. The van der Waals surface area contributed by atoms with Gasteiger partial charge in [0.15, 0.2) is 0 Å². The molecule has 0 aliphatic carbocycles. The zero-order chi connectivity index (χ0) is 15.1. The molecule has 1 aromatic carbocycles. The van der Waals surface area contributed by atoms with E-state index in [0.29, 0.717) is 12.8 Å². The third-order valence-electron chi connectivity index (χ3n) is 3.50. The molecule has 0 heterocycles. The van der Waals surface area contributed by atoms with Gasteiger partial charge in [0.1, 0.15) is 0 Å². The number of rotatable bonds is 7. The largest absolute Gasteiger partial charge is 0.396 e. The zero-order valence-corrected chi connectivity index (χ0v) is 12.9. The van der Waals surface area contributed by atoms with Crippen molar-refractivity contribution in [3.8, 4) is 0 Å². The van der Waals surface area contributed by atoms with Crippen LogP contribution in [0.4, 0.5) is 5.69 Å². The minimum absolute atomic E-state index is 0.00917. The van der Waals surface area contributed by atoms with Crippen molar-refractivity contribution in [1.82, 2.24) is 5.32 Å². The first-order chi connectivity index (χ1) is 9.43. The second kappa shape index (κ2) is 8.02. The number of amides is 1. The highest BCUT2D eigenvalue weighted by atomic mass is 16.3. The molecule has 0 spiro atoms. The van der Waals surface area contributed by atoms with Gasteiger partial charge in [-0.2, -0.15) is 0 Å². The molecule has 0 radical (unpaired) electrons. The molecule has 1 aromatic rings. The van der Waals surface area contributed by atoms with E-state index < -0.39 is 0 Å². The smallest absolute Gasteiger partial charge is 0.225 e. The van der Waals surface area contributed by atoms with E-state index in [1.165, 1.54) is 5.56 Å². The highest BCUT2D eigenvalue weighted by molar-refractivity contribution is 5.92. The molecule has 1 unspecified atom stereocenters. The number of hydrogen-bond acceptors (Lipinski definition) is 3. The highest BCUT2D eigenvalue weighted by Gasteiger charge is 2.12. The van der Waals surface area contributed by atoms with Crippen molar-refractivity contribution in [2.45, 2.75) is 52.6 Å². The molecule has 4 heteroatoms. The molecule has 0 aliphatic rings. The molecule has 1 rings (SSSR count). The second-order valence-corrected chi connectivity index (χ2v) is 5.48. The Hall–Kier alpha value is -1.39. The second-order valence-electron chi connectivity index (χ2n) is 5.48. The number of aliphatic hydroxyl groups excluding tert-OH is 1. The van der Waals surface area contributed by atoms with Crippen LogP contribution in [0.2, 0.25) is 0 Å². The zero-order valence-electron chi connectivity index (χ0n) is 12.9. The predicted octanol–water partition coefficient (Wildman–Crippen LogP) is 2.38. The predicted molar refractivity (Wildman–Crippen MR) is 82.9 cm³/mol. The Balaban J connectivity index is 2.49. The van der Waals surface area contributed by atoms with E-state index >= 15 is 0 Å². The van der Waals surface area contributed by atoms with Gasteiger partial charge in [-0.1, -0.05) is 12.1 Å². The Morgan fingerprint density at radius 2 is 1.95 bits per heavy atom. The van der Waals surface area contributed by atoms with Gasteiger partial charge >= 0.3 is 0 Å². The maximum atomic E-state index is 12.0. The van der Waals surface area contributed by atoms with Crippen LogP contribution in [0.1, 0.15) is 37.8 Å². The van der Waals surface area contributed by atoms with Crippen molar-refractivity contribution in [2.75, 3.05) is 11.9 Å². The maximum Gasteiger partial charge on any atom is 0.225 e. The number of aryl methyl sites for hydroxylation is 1. The quantitative estimate of drug-likeness (QED) is 0.717. The van der Waals surface area contributed by atoms with Crippen molar-refractivity contribution in [2.24, 2.45) is 0 Å². The molecule has 0 bridgehead atoms. The lowest BCUT2D eigenvalue weighted by Crippen LogP contribution is -2.37. The molecule has 0 saturated heterocycles. The normalized spacial score (nSPS) is 13.8. The summed E-state index contributed by atoms with van der Waals surface area (Å²) >= 11 is 0. The first kappa shape index (κ1) is 16.7. The van der Waals surface area contributed by atoms with E-state index in [2.05, 4.69) is 10.6 Å². The SMILES string of the molecule is Cc1cccc(NC(=O)CC(C)N[C@H](C)CCO)c1C. The molecule has 112 valence electrons. The Labute approximate surface area is 121 Å². The van der Waals surface area contributed by atoms with Gasteiger partial charge < -0.3 is 15.7 Å². The summed E-state index contributed by atoms with van der Waals surface area (Å²) in [5.74, 6) is 0.00917. The fraction of sp³-hybridized carbons (Fsp3) is 0.562. The van der Waals surface area contributed by atoms with Crippen molar-refractivity contribution in [3.63, 3.8) is 0 Å². The Morgan fingerprint density at radius 1 is 1.25 bits per heavy atom. The van der Waals surface area contributed by atoms with Gasteiger partial charge in [-0.25, -0.2) is 0 Å². The van der Waals surface area contributed by atoms with Crippen molar-refractivity contribution >= 4 is 11.6 Å². The summed E-state index contributed by atoms with van der Waals surface area (Å²) in [6, 6.07) is 6.20. The van der Waals surface area contributed by atoms with Crippen LogP contribution >= 0.6 is 0 Å². The first-order valence-electron chi connectivity index (χ1n) is 7.17. The van der Waals surface area contributed by atoms with E-state index in [-0.39, 0.29) is 24.6 Å². The van der Waals surface area contributed by atoms with Crippen molar-refractivity contribution in [1.29, 1.82) is 0 Å². The van der Waals surface area contributed by atoms with Gasteiger partial charge in [0.2, 0.25) is 5.91 Å². The number of benzene rings is 1. The van der Waals surface area contributed by atoms with Crippen molar-refractivity contribution in [3.05, 3.63) is 29.3 Å². The molecule has 0 saturated carbocycles. The molecular weight excluding hydrogens is 252 g/mol. The number of anilines is 1. The minimum atomic E-state index is 0.00917. The first-order valence-corrected chi connectivity index (χ1v) is 7.17. The molecule has 2 atom stereocenters. The van der Waals surface area contributed by atoms with E-state index in [4.69, 9.17) is 5.11 Å². The Bertz CT molecular complexity index is 446. The van der Waals surface area contributed by atoms with Gasteiger partial charge in [-0.3, -0.25) is 4.79 Å². The molecule has 0 aromatic heterocycles. The van der Waals surface area contributed by atoms with Crippen LogP contribution in [0, 0.1) is 13.8 Å². The molecule has 1 amide bonds. The summed E-state index contributed by atoms with van der Waals surface area (Å²) in [5.41, 5.74) is 3.16. The van der Waals surface area contributed by atoms with Crippen LogP contribution in [-0.2, 0) is 4.79 Å².